The van der Waals surface area contributed by atoms with Crippen LogP contribution in [0.5, 0.6) is 5.75 Å². The maximum absolute atomic E-state index is 12.0. The Morgan fingerprint density at radius 3 is 2.76 bits per heavy atom. The summed E-state index contributed by atoms with van der Waals surface area (Å²) in [5.74, 6) is 0.473. The van der Waals surface area contributed by atoms with E-state index in [4.69, 9.17) is 4.74 Å². The molecule has 1 N–H and O–H groups in total. The summed E-state index contributed by atoms with van der Waals surface area (Å²) >= 11 is 0. The van der Waals surface area contributed by atoms with E-state index in [0.29, 0.717) is 11.4 Å². The van der Waals surface area contributed by atoms with Gasteiger partial charge >= 0.3 is 0 Å². The van der Waals surface area contributed by atoms with Crippen LogP contribution in [0.3, 0.4) is 0 Å². The second-order valence-corrected chi connectivity index (χ2v) is 4.39. The van der Waals surface area contributed by atoms with E-state index in [9.17, 15) is 4.79 Å². The lowest BCUT2D eigenvalue weighted by molar-refractivity contribution is 0.0917. The number of aromatic nitrogens is 3. The molecule has 1 aromatic carbocycles. The van der Waals surface area contributed by atoms with Gasteiger partial charge in [-0.15, -0.1) is 0 Å². The molecule has 0 atom stereocenters. The van der Waals surface area contributed by atoms with Crippen molar-refractivity contribution in [3.8, 4) is 17.0 Å². The molecule has 0 saturated carbocycles. The fourth-order valence-electron chi connectivity index (χ4n) is 1.96. The monoisotopic (exact) mass is 279 g/mol. The first-order valence-electron chi connectivity index (χ1n) is 6.49. The summed E-state index contributed by atoms with van der Waals surface area (Å²) in [6.07, 6.45) is 4.90. The molecule has 0 saturated heterocycles. The van der Waals surface area contributed by atoms with Crippen molar-refractivity contribution in [3.63, 3.8) is 0 Å². The largest absolute Gasteiger partial charge is 0.485 e. The third kappa shape index (κ3) is 2.97. The molecule has 0 aliphatic carbocycles. The van der Waals surface area contributed by atoms with E-state index in [0.717, 1.165) is 11.3 Å². The quantitative estimate of drug-likeness (QED) is 0.729. The third-order valence-electron chi connectivity index (χ3n) is 2.98. The molecule has 104 valence electrons. The van der Waals surface area contributed by atoms with Gasteiger partial charge in [-0.3, -0.25) is 9.78 Å². The number of hydrogen-bond acceptors (Lipinski definition) is 4. The number of nitrogens with one attached hydrogen (secondary N) is 1. The fourth-order valence-corrected chi connectivity index (χ4v) is 1.96. The number of aromatic amines is 1. The summed E-state index contributed by atoms with van der Waals surface area (Å²) in [5, 5.41) is 0. The number of carbonyl (C=O) groups is 1. The topological polar surface area (TPSA) is 67.9 Å². The number of pyridine rings is 1. The van der Waals surface area contributed by atoms with Crippen LogP contribution in [-0.2, 0) is 0 Å². The Kier molecular flexibility index (Phi) is 3.73. The van der Waals surface area contributed by atoms with Crippen LogP contribution in [0, 0.1) is 0 Å². The normalized spacial score (nSPS) is 10.3. The van der Waals surface area contributed by atoms with Crippen LogP contribution in [0.15, 0.2) is 61.2 Å². The zero-order valence-electron chi connectivity index (χ0n) is 11.2. The van der Waals surface area contributed by atoms with Crippen molar-refractivity contribution in [1.82, 2.24) is 15.0 Å². The summed E-state index contributed by atoms with van der Waals surface area (Å²) in [5.41, 5.74) is 2.11. The van der Waals surface area contributed by atoms with Crippen LogP contribution >= 0.6 is 0 Å². The molecular weight excluding hydrogens is 266 g/mol. The Bertz CT molecular complexity index is 724. The van der Waals surface area contributed by atoms with Gasteiger partial charge in [-0.05, 0) is 24.3 Å². The zero-order valence-corrected chi connectivity index (χ0v) is 11.2. The minimum atomic E-state index is -0.157. The Morgan fingerprint density at radius 1 is 1.14 bits per heavy atom. The lowest BCUT2D eigenvalue weighted by atomic mass is 10.1. The van der Waals surface area contributed by atoms with Crippen molar-refractivity contribution >= 4 is 5.78 Å². The van der Waals surface area contributed by atoms with Gasteiger partial charge in [0.15, 0.2) is 6.61 Å². The zero-order chi connectivity index (χ0) is 14.5. The number of Topliss-reactive ketones (excluding diaryl/α,β-unsaturated/α-hetero) is 1. The second-order valence-electron chi connectivity index (χ2n) is 4.39. The molecule has 0 fully saturated rings. The maximum Gasteiger partial charge on any atom is 0.218 e. The van der Waals surface area contributed by atoms with Crippen molar-refractivity contribution in [2.75, 3.05) is 6.61 Å². The van der Waals surface area contributed by atoms with E-state index in [2.05, 4.69) is 15.0 Å². The minimum absolute atomic E-state index is 0.0534. The van der Waals surface area contributed by atoms with Gasteiger partial charge in [0, 0.05) is 11.8 Å². The number of benzene rings is 1. The van der Waals surface area contributed by atoms with Crippen LogP contribution in [0.1, 0.15) is 10.5 Å². The van der Waals surface area contributed by atoms with E-state index in [1.54, 1.807) is 36.9 Å². The molecule has 0 spiro atoms. The van der Waals surface area contributed by atoms with E-state index >= 15 is 0 Å². The van der Waals surface area contributed by atoms with Gasteiger partial charge in [0.25, 0.3) is 0 Å². The third-order valence-corrected chi connectivity index (χ3v) is 2.98. The highest BCUT2D eigenvalue weighted by Gasteiger charge is 2.11. The number of H-pyrrole nitrogens is 1. The van der Waals surface area contributed by atoms with Crippen LogP contribution < -0.4 is 4.74 Å². The average Bonchev–Trinajstić information content (AvgIpc) is 3.08. The molecule has 5 nitrogen and oxygen atoms in total. The van der Waals surface area contributed by atoms with Crippen molar-refractivity contribution in [2.45, 2.75) is 0 Å². The van der Waals surface area contributed by atoms with Crippen LogP contribution in [0.4, 0.5) is 0 Å². The Balaban J connectivity index is 1.76. The number of ketones is 1. The smallest absolute Gasteiger partial charge is 0.218 e. The maximum atomic E-state index is 12.0. The average molecular weight is 279 g/mol. The minimum Gasteiger partial charge on any atom is -0.485 e. The van der Waals surface area contributed by atoms with Gasteiger partial charge < -0.3 is 9.72 Å². The SMILES string of the molecule is O=C(COc1ccccc1-c1cnc[nH]1)c1ccccn1. The van der Waals surface area contributed by atoms with Gasteiger partial charge in [0.1, 0.15) is 11.4 Å². The Labute approximate surface area is 121 Å². The molecule has 0 aliphatic rings. The number of nitrogens with zero attached hydrogens (tertiary/aromatic N) is 2. The molecule has 5 heteroatoms. The lowest BCUT2D eigenvalue weighted by Gasteiger charge is -2.09. The van der Waals surface area contributed by atoms with Gasteiger partial charge in [-0.1, -0.05) is 18.2 Å². The second kappa shape index (κ2) is 6.00. The molecule has 0 aliphatic heterocycles. The molecule has 0 radical (unpaired) electrons. The number of hydrogen-bond donors (Lipinski definition) is 1. The fraction of sp³-hybridized carbons (Fsp3) is 0.0625. The summed E-state index contributed by atoms with van der Waals surface area (Å²) in [6, 6.07) is 12.7. The molecule has 0 amide bonds. The van der Waals surface area contributed by atoms with Crippen molar-refractivity contribution < 1.29 is 9.53 Å². The molecule has 0 unspecified atom stereocenters. The number of para-hydroxylation sites is 1. The van der Waals surface area contributed by atoms with E-state index in [1.165, 1.54) is 0 Å². The van der Waals surface area contributed by atoms with Crippen LogP contribution in [0.2, 0.25) is 0 Å². The molecule has 0 bridgehead atoms. The Morgan fingerprint density at radius 2 is 2.00 bits per heavy atom. The number of ether oxygens (including phenoxy) is 1. The molecule has 2 aromatic heterocycles. The predicted octanol–water partition coefficient (Wildman–Crippen LogP) is 2.73. The number of carbonyl (C=O) groups excluding carboxylic acids is 1. The molecule has 21 heavy (non-hydrogen) atoms. The van der Waals surface area contributed by atoms with Crippen molar-refractivity contribution in [3.05, 3.63) is 66.9 Å². The van der Waals surface area contributed by atoms with E-state index in [-0.39, 0.29) is 12.4 Å². The standard InChI is InChI=1S/C16H13N3O2/c20-15(13-6-3-4-8-18-13)10-21-16-7-2-1-5-12(16)14-9-17-11-19-14/h1-9,11H,10H2,(H,17,19). The van der Waals surface area contributed by atoms with E-state index < -0.39 is 0 Å². The summed E-state index contributed by atoms with van der Waals surface area (Å²) in [6.45, 7) is -0.0534. The van der Waals surface area contributed by atoms with Crippen molar-refractivity contribution in [2.24, 2.45) is 0 Å². The number of rotatable bonds is 5. The van der Waals surface area contributed by atoms with Gasteiger partial charge in [-0.2, -0.15) is 0 Å². The highest BCUT2D eigenvalue weighted by atomic mass is 16.5. The highest BCUT2D eigenvalue weighted by molar-refractivity contribution is 5.95. The highest BCUT2D eigenvalue weighted by Crippen LogP contribution is 2.27. The Hall–Kier alpha value is -2.95. The summed E-state index contributed by atoms with van der Waals surface area (Å²) < 4.78 is 5.64. The summed E-state index contributed by atoms with van der Waals surface area (Å²) in [4.78, 5) is 23.0. The summed E-state index contributed by atoms with van der Waals surface area (Å²) in [7, 11) is 0. The van der Waals surface area contributed by atoms with Gasteiger partial charge in [0.2, 0.25) is 5.78 Å². The first kappa shape index (κ1) is 13.1. The molecule has 2 heterocycles. The number of imidazole rings is 1. The molecular formula is C16H13N3O2. The van der Waals surface area contributed by atoms with Crippen LogP contribution in [-0.4, -0.2) is 27.3 Å². The first-order chi connectivity index (χ1) is 10.3. The van der Waals surface area contributed by atoms with Gasteiger partial charge in [0.05, 0.1) is 18.2 Å². The van der Waals surface area contributed by atoms with Crippen LogP contribution in [0.25, 0.3) is 11.3 Å². The van der Waals surface area contributed by atoms with Gasteiger partial charge in [-0.25, -0.2) is 4.98 Å². The molecule has 3 rings (SSSR count). The van der Waals surface area contributed by atoms with Crippen molar-refractivity contribution in [1.29, 1.82) is 0 Å². The first-order valence-corrected chi connectivity index (χ1v) is 6.49. The lowest BCUT2D eigenvalue weighted by Crippen LogP contribution is -2.13. The van der Waals surface area contributed by atoms with E-state index in [1.807, 2.05) is 24.3 Å². The molecule has 3 aromatic rings. The predicted molar refractivity (Wildman–Crippen MR) is 78.1 cm³/mol.